The summed E-state index contributed by atoms with van der Waals surface area (Å²) in [6.07, 6.45) is -4.51. The summed E-state index contributed by atoms with van der Waals surface area (Å²) in [5.74, 6) is -2.11. The average Bonchev–Trinajstić information content (AvgIpc) is 3.25. The second kappa shape index (κ2) is 8.30. The van der Waals surface area contributed by atoms with E-state index in [4.69, 9.17) is 0 Å². The summed E-state index contributed by atoms with van der Waals surface area (Å²) >= 11 is 0.981. The number of hydrogen-bond donors (Lipinski definition) is 1. The highest BCUT2D eigenvalue weighted by Crippen LogP contribution is 2.41. The number of carboxylic acid groups (broad SMARTS) is 1. The number of rotatable bonds is 6. The van der Waals surface area contributed by atoms with Crippen LogP contribution in [0.2, 0.25) is 0 Å². The zero-order valence-corrected chi connectivity index (χ0v) is 16.9. The molecule has 32 heavy (non-hydrogen) atoms. The number of benzene rings is 2. The van der Waals surface area contributed by atoms with Crippen LogP contribution in [0.15, 0.2) is 52.9 Å². The molecule has 0 bridgehead atoms. The molecule has 0 radical (unpaired) electrons. The third-order valence-corrected chi connectivity index (χ3v) is 5.59. The summed E-state index contributed by atoms with van der Waals surface area (Å²) in [5.41, 5.74) is -1.16. The number of carboxylic acids is 1. The first-order valence-electron chi connectivity index (χ1n) is 9.27. The quantitative estimate of drug-likeness (QED) is 0.291. The lowest BCUT2D eigenvalue weighted by atomic mass is 10.1. The Morgan fingerprint density at radius 3 is 2.62 bits per heavy atom. The van der Waals surface area contributed by atoms with Gasteiger partial charge in [-0.25, -0.2) is 23.6 Å². The van der Waals surface area contributed by atoms with Gasteiger partial charge in [-0.15, -0.1) is 11.3 Å². The van der Waals surface area contributed by atoms with Crippen molar-refractivity contribution in [3.05, 3.63) is 70.4 Å². The van der Waals surface area contributed by atoms with E-state index < -0.39 is 35.7 Å². The van der Waals surface area contributed by atoms with Gasteiger partial charge in [-0.2, -0.15) is 18.3 Å². The number of nitrogens with zero attached hydrogens (tertiary/aromatic N) is 3. The lowest BCUT2D eigenvalue weighted by Crippen LogP contribution is -2.21. The highest BCUT2D eigenvalue weighted by Gasteiger charge is 2.44. The number of hydrogen-bond acceptors (Lipinski definition) is 5. The van der Waals surface area contributed by atoms with Crippen molar-refractivity contribution in [3.63, 3.8) is 0 Å². The van der Waals surface area contributed by atoms with E-state index in [0.717, 1.165) is 35.8 Å². The van der Waals surface area contributed by atoms with Gasteiger partial charge in [-0.05, 0) is 24.3 Å². The van der Waals surface area contributed by atoms with Crippen LogP contribution in [0.4, 0.5) is 27.1 Å². The van der Waals surface area contributed by atoms with Crippen LogP contribution < -0.4 is 5.01 Å². The minimum atomic E-state index is -4.57. The molecule has 3 aromatic rings. The topological polar surface area (TPSA) is 65.8 Å². The van der Waals surface area contributed by atoms with Crippen molar-refractivity contribution in [1.29, 1.82) is 0 Å². The van der Waals surface area contributed by atoms with Gasteiger partial charge < -0.3 is 5.11 Å². The maximum atomic E-state index is 13.8. The second-order valence-corrected chi connectivity index (χ2v) is 7.84. The molecular formula is C21H14F5N3O2S. The molecule has 0 amide bonds. The van der Waals surface area contributed by atoms with Crippen molar-refractivity contribution in [2.24, 2.45) is 5.10 Å². The van der Waals surface area contributed by atoms with E-state index in [1.165, 1.54) is 34.7 Å². The SMILES string of the molecule is O=C(O)c1cc(F)ccc1/C=N/N(c1nc(-c2ccccc2C(F)(F)F)cs1)C1CC1F. The number of alkyl halides is 4. The van der Waals surface area contributed by atoms with Gasteiger partial charge in [0.05, 0.1) is 29.1 Å². The van der Waals surface area contributed by atoms with E-state index in [1.807, 2.05) is 0 Å². The number of anilines is 1. The minimum absolute atomic E-state index is 0.0576. The molecule has 166 valence electrons. The molecule has 1 aromatic heterocycles. The molecule has 1 N–H and O–H groups in total. The molecule has 1 aliphatic carbocycles. The number of hydrazone groups is 1. The van der Waals surface area contributed by atoms with Crippen LogP contribution in [-0.2, 0) is 6.18 Å². The first-order chi connectivity index (χ1) is 15.1. The van der Waals surface area contributed by atoms with Crippen molar-refractivity contribution in [3.8, 4) is 11.3 Å². The van der Waals surface area contributed by atoms with Gasteiger partial charge in [0.25, 0.3) is 0 Å². The van der Waals surface area contributed by atoms with Gasteiger partial charge >= 0.3 is 12.1 Å². The van der Waals surface area contributed by atoms with Crippen LogP contribution in [0.25, 0.3) is 11.3 Å². The van der Waals surface area contributed by atoms with Crippen LogP contribution >= 0.6 is 11.3 Å². The lowest BCUT2D eigenvalue weighted by molar-refractivity contribution is -0.137. The van der Waals surface area contributed by atoms with E-state index in [9.17, 15) is 31.9 Å². The lowest BCUT2D eigenvalue weighted by Gasteiger charge is -2.15. The fraction of sp³-hybridized carbons (Fsp3) is 0.190. The molecule has 0 aliphatic heterocycles. The average molecular weight is 467 g/mol. The predicted octanol–water partition coefficient (Wildman–Crippen LogP) is 5.62. The molecule has 0 spiro atoms. The Hall–Kier alpha value is -3.34. The molecule has 0 saturated heterocycles. The normalized spacial score (nSPS) is 18.2. The van der Waals surface area contributed by atoms with Crippen molar-refractivity contribution in [2.75, 3.05) is 5.01 Å². The number of carbonyl (C=O) groups is 1. The van der Waals surface area contributed by atoms with Gasteiger partial charge in [-0.1, -0.05) is 18.2 Å². The molecule has 1 heterocycles. The van der Waals surface area contributed by atoms with Crippen LogP contribution in [0, 0.1) is 5.82 Å². The zero-order valence-electron chi connectivity index (χ0n) is 16.1. The van der Waals surface area contributed by atoms with Crippen LogP contribution in [-0.4, -0.2) is 34.5 Å². The summed E-state index contributed by atoms with van der Waals surface area (Å²) in [4.78, 5) is 15.6. The maximum absolute atomic E-state index is 13.8. The summed E-state index contributed by atoms with van der Waals surface area (Å²) in [7, 11) is 0. The molecule has 1 aliphatic rings. The Bertz CT molecular complexity index is 1190. The monoisotopic (exact) mass is 467 g/mol. The molecule has 2 unspecified atom stereocenters. The Morgan fingerprint density at radius 1 is 1.25 bits per heavy atom. The smallest absolute Gasteiger partial charge is 0.417 e. The molecule has 4 rings (SSSR count). The molecule has 5 nitrogen and oxygen atoms in total. The van der Waals surface area contributed by atoms with Crippen LogP contribution in [0.1, 0.15) is 27.9 Å². The fourth-order valence-electron chi connectivity index (χ4n) is 3.08. The van der Waals surface area contributed by atoms with E-state index in [2.05, 4.69) is 10.1 Å². The van der Waals surface area contributed by atoms with E-state index in [1.54, 1.807) is 0 Å². The fourth-order valence-corrected chi connectivity index (χ4v) is 3.92. The predicted molar refractivity (Wildman–Crippen MR) is 109 cm³/mol. The molecule has 1 fully saturated rings. The third-order valence-electron chi connectivity index (χ3n) is 4.76. The Morgan fingerprint density at radius 2 is 1.97 bits per heavy atom. The first kappa shape index (κ1) is 21.9. The molecular weight excluding hydrogens is 453 g/mol. The summed E-state index contributed by atoms with van der Waals surface area (Å²) in [5, 5.41) is 16.2. The molecule has 2 atom stereocenters. The number of thiazole rings is 1. The highest BCUT2D eigenvalue weighted by molar-refractivity contribution is 7.14. The van der Waals surface area contributed by atoms with E-state index in [-0.39, 0.29) is 33.9 Å². The largest absolute Gasteiger partial charge is 0.478 e. The van der Waals surface area contributed by atoms with E-state index in [0.29, 0.717) is 0 Å². The zero-order chi connectivity index (χ0) is 23.0. The standard InChI is InChI=1S/C21H14F5N3O2S/c22-12-6-5-11(14(7-12)19(30)31)9-27-29(18-8-16(18)23)20-28-17(10-32-20)13-3-1-2-4-15(13)21(24,25)26/h1-7,9-10,16,18H,8H2,(H,30,31)/b27-9+. The Kier molecular flexibility index (Phi) is 5.68. The van der Waals surface area contributed by atoms with Gasteiger partial charge in [0.15, 0.2) is 0 Å². The van der Waals surface area contributed by atoms with E-state index >= 15 is 0 Å². The van der Waals surface area contributed by atoms with Crippen molar-refractivity contribution in [2.45, 2.75) is 24.8 Å². The van der Waals surface area contributed by atoms with Crippen LogP contribution in [0.5, 0.6) is 0 Å². The molecule has 2 aromatic carbocycles. The first-order valence-corrected chi connectivity index (χ1v) is 10.2. The Balaban J connectivity index is 1.69. The third kappa shape index (κ3) is 4.47. The number of halogens is 5. The second-order valence-electron chi connectivity index (χ2n) is 7.00. The summed E-state index contributed by atoms with van der Waals surface area (Å²) in [6, 6.07) is 7.40. The highest BCUT2D eigenvalue weighted by atomic mass is 32.1. The Labute approximate surface area is 182 Å². The summed E-state index contributed by atoms with van der Waals surface area (Å²) in [6.45, 7) is 0. The van der Waals surface area contributed by atoms with Crippen molar-refractivity contribution in [1.82, 2.24) is 4.98 Å². The van der Waals surface area contributed by atoms with Crippen LogP contribution in [0.3, 0.4) is 0 Å². The summed E-state index contributed by atoms with van der Waals surface area (Å²) < 4.78 is 67.2. The number of aromatic carboxylic acids is 1. The molecule has 1 saturated carbocycles. The van der Waals surface area contributed by atoms with Gasteiger partial charge in [0, 0.05) is 22.9 Å². The molecule has 11 heteroatoms. The van der Waals surface area contributed by atoms with Gasteiger partial charge in [-0.3, -0.25) is 0 Å². The van der Waals surface area contributed by atoms with Gasteiger partial charge in [0.2, 0.25) is 5.13 Å². The van der Waals surface area contributed by atoms with Crippen molar-refractivity contribution < 1.29 is 31.9 Å². The number of aromatic nitrogens is 1. The van der Waals surface area contributed by atoms with Crippen molar-refractivity contribution >= 4 is 28.7 Å². The minimum Gasteiger partial charge on any atom is -0.478 e. The van der Waals surface area contributed by atoms with Gasteiger partial charge in [0.1, 0.15) is 12.0 Å². The maximum Gasteiger partial charge on any atom is 0.417 e.